The van der Waals surface area contributed by atoms with Crippen LogP contribution in [-0.2, 0) is 32.6 Å². The van der Waals surface area contributed by atoms with E-state index in [4.69, 9.17) is 16.3 Å². The van der Waals surface area contributed by atoms with E-state index in [0.29, 0.717) is 29.6 Å². The van der Waals surface area contributed by atoms with Crippen molar-refractivity contribution >= 4 is 39.1 Å². The number of hydrogen-bond acceptors (Lipinski definition) is 5. The summed E-state index contributed by atoms with van der Waals surface area (Å²) in [6, 6.07) is 28.7. The van der Waals surface area contributed by atoms with Crippen LogP contribution in [0.25, 0.3) is 0 Å². The number of carbonyl (C=O) groups excluding carboxylic acids is 2. The van der Waals surface area contributed by atoms with Crippen LogP contribution in [0.5, 0.6) is 5.75 Å². The van der Waals surface area contributed by atoms with Gasteiger partial charge < -0.3 is 15.0 Å². The van der Waals surface area contributed by atoms with E-state index < -0.39 is 28.5 Å². The lowest BCUT2D eigenvalue weighted by molar-refractivity contribution is -0.140. The van der Waals surface area contributed by atoms with Gasteiger partial charge in [0.25, 0.3) is 10.0 Å². The second-order valence-corrected chi connectivity index (χ2v) is 13.5. The molecule has 0 aliphatic rings. The SMILES string of the molecule is CCCCNC(=O)C(Cc1ccccc1)N(Cc1ccc(Cl)cc1)C(=O)CN(c1ccc(C)cc1)S(=O)(=O)c1ccc(OCC)cc1. The quantitative estimate of drug-likeness (QED) is 0.132. The molecule has 0 heterocycles. The lowest BCUT2D eigenvalue weighted by atomic mass is 10.0. The first kappa shape index (κ1) is 35.5. The fourth-order valence-electron chi connectivity index (χ4n) is 5.09. The monoisotopic (exact) mass is 675 g/mol. The number of nitrogens with zero attached hydrogens (tertiary/aromatic N) is 2. The van der Waals surface area contributed by atoms with E-state index in [9.17, 15) is 18.0 Å². The average molecular weight is 676 g/mol. The molecule has 4 aromatic rings. The van der Waals surface area contributed by atoms with Gasteiger partial charge in [-0.15, -0.1) is 0 Å². The van der Waals surface area contributed by atoms with E-state index in [1.54, 1.807) is 60.7 Å². The summed E-state index contributed by atoms with van der Waals surface area (Å²) in [5, 5.41) is 3.54. The molecule has 4 rings (SSSR count). The second kappa shape index (κ2) is 17.0. The molecule has 0 spiro atoms. The second-order valence-electron chi connectivity index (χ2n) is 11.2. The van der Waals surface area contributed by atoms with Gasteiger partial charge in [0.15, 0.2) is 0 Å². The molecule has 10 heteroatoms. The summed E-state index contributed by atoms with van der Waals surface area (Å²) in [5.74, 6) is -0.293. The Balaban J connectivity index is 1.77. The molecule has 0 bridgehead atoms. The number of hydrogen-bond donors (Lipinski definition) is 1. The van der Waals surface area contributed by atoms with Crippen molar-refractivity contribution in [2.45, 2.75) is 57.5 Å². The van der Waals surface area contributed by atoms with Crippen LogP contribution in [0, 0.1) is 6.92 Å². The minimum absolute atomic E-state index is 0.0109. The smallest absolute Gasteiger partial charge is 0.264 e. The molecule has 47 heavy (non-hydrogen) atoms. The fraction of sp³-hybridized carbons (Fsp3) is 0.297. The predicted molar refractivity (Wildman–Crippen MR) is 187 cm³/mol. The molecule has 1 atom stereocenters. The number of aryl methyl sites for hydroxylation is 1. The fourth-order valence-corrected chi connectivity index (χ4v) is 6.63. The van der Waals surface area contributed by atoms with Gasteiger partial charge in [0, 0.05) is 24.5 Å². The molecule has 0 saturated heterocycles. The summed E-state index contributed by atoms with van der Waals surface area (Å²) in [7, 11) is -4.22. The highest BCUT2D eigenvalue weighted by atomic mass is 35.5. The van der Waals surface area contributed by atoms with E-state index in [1.165, 1.54) is 17.0 Å². The zero-order valence-corrected chi connectivity index (χ0v) is 28.6. The van der Waals surface area contributed by atoms with Gasteiger partial charge in [0.1, 0.15) is 18.3 Å². The molecule has 4 aromatic carbocycles. The van der Waals surface area contributed by atoms with E-state index in [-0.39, 0.29) is 23.8 Å². The lowest BCUT2D eigenvalue weighted by Crippen LogP contribution is -2.53. The van der Waals surface area contributed by atoms with E-state index in [2.05, 4.69) is 5.32 Å². The van der Waals surface area contributed by atoms with Gasteiger partial charge in [-0.25, -0.2) is 8.42 Å². The molecule has 8 nitrogen and oxygen atoms in total. The molecule has 1 unspecified atom stereocenters. The zero-order valence-electron chi connectivity index (χ0n) is 27.1. The Kier molecular flexibility index (Phi) is 12.8. The molecule has 0 aliphatic heterocycles. The number of anilines is 1. The summed E-state index contributed by atoms with van der Waals surface area (Å²) in [4.78, 5) is 29.9. The van der Waals surface area contributed by atoms with Crippen molar-refractivity contribution in [3.63, 3.8) is 0 Å². The predicted octanol–water partition coefficient (Wildman–Crippen LogP) is 6.80. The van der Waals surface area contributed by atoms with Crippen LogP contribution in [-0.4, -0.2) is 50.9 Å². The van der Waals surface area contributed by atoms with Crippen molar-refractivity contribution in [1.29, 1.82) is 0 Å². The van der Waals surface area contributed by atoms with E-state index >= 15 is 0 Å². The lowest BCUT2D eigenvalue weighted by Gasteiger charge is -2.34. The Morgan fingerprint density at radius 2 is 1.51 bits per heavy atom. The van der Waals surface area contributed by atoms with Gasteiger partial charge in [0.05, 0.1) is 17.2 Å². The van der Waals surface area contributed by atoms with Gasteiger partial charge in [-0.2, -0.15) is 0 Å². The maximum absolute atomic E-state index is 14.5. The Labute approximate surface area is 283 Å². The average Bonchev–Trinajstić information content (AvgIpc) is 3.07. The summed E-state index contributed by atoms with van der Waals surface area (Å²) >= 11 is 6.16. The Bertz CT molecular complexity index is 1700. The molecule has 0 fully saturated rings. The molecule has 0 aliphatic carbocycles. The minimum atomic E-state index is -4.22. The first-order chi connectivity index (χ1) is 22.6. The molecule has 0 radical (unpaired) electrons. The third kappa shape index (κ3) is 9.83. The number of rotatable bonds is 16. The number of unbranched alkanes of at least 4 members (excludes halogenated alkanes) is 1. The number of sulfonamides is 1. The third-order valence-electron chi connectivity index (χ3n) is 7.69. The van der Waals surface area contributed by atoms with Crippen molar-refractivity contribution in [3.8, 4) is 5.75 Å². The van der Waals surface area contributed by atoms with Gasteiger partial charge in [-0.1, -0.05) is 85.1 Å². The molecular weight excluding hydrogens is 634 g/mol. The van der Waals surface area contributed by atoms with Gasteiger partial charge >= 0.3 is 0 Å². The highest BCUT2D eigenvalue weighted by Crippen LogP contribution is 2.27. The van der Waals surface area contributed by atoms with Crippen LogP contribution < -0.4 is 14.4 Å². The largest absolute Gasteiger partial charge is 0.494 e. The van der Waals surface area contributed by atoms with Crippen LogP contribution in [0.15, 0.2) is 108 Å². The summed E-state index contributed by atoms with van der Waals surface area (Å²) in [5.41, 5.74) is 2.89. The van der Waals surface area contributed by atoms with Crippen LogP contribution in [0.1, 0.15) is 43.4 Å². The Morgan fingerprint density at radius 3 is 2.13 bits per heavy atom. The van der Waals surface area contributed by atoms with Gasteiger partial charge in [-0.3, -0.25) is 13.9 Å². The number of halogens is 1. The van der Waals surface area contributed by atoms with Crippen molar-refractivity contribution in [2.24, 2.45) is 0 Å². The number of ether oxygens (including phenoxy) is 1. The topological polar surface area (TPSA) is 96.0 Å². The van der Waals surface area contributed by atoms with Crippen LogP contribution in [0.4, 0.5) is 5.69 Å². The van der Waals surface area contributed by atoms with Crippen LogP contribution in [0.2, 0.25) is 5.02 Å². The number of nitrogens with one attached hydrogen (secondary N) is 1. The first-order valence-corrected chi connectivity index (χ1v) is 17.6. The van der Waals surface area contributed by atoms with Gasteiger partial charge in [-0.05, 0) is 79.9 Å². The van der Waals surface area contributed by atoms with Crippen molar-refractivity contribution in [1.82, 2.24) is 10.2 Å². The van der Waals surface area contributed by atoms with Crippen molar-refractivity contribution in [2.75, 3.05) is 24.0 Å². The highest BCUT2D eigenvalue weighted by Gasteiger charge is 2.34. The van der Waals surface area contributed by atoms with Crippen LogP contribution >= 0.6 is 11.6 Å². The zero-order chi connectivity index (χ0) is 33.8. The molecule has 1 N–H and O–H groups in total. The molecule has 0 aromatic heterocycles. The summed E-state index contributed by atoms with van der Waals surface area (Å²) < 4.78 is 35.1. The van der Waals surface area contributed by atoms with Gasteiger partial charge in [0.2, 0.25) is 11.8 Å². The molecule has 0 saturated carbocycles. The van der Waals surface area contributed by atoms with E-state index in [1.807, 2.05) is 51.1 Å². The maximum Gasteiger partial charge on any atom is 0.264 e. The molecule has 2 amide bonds. The standard InChI is InChI=1S/C37H42ClN3O5S/c1-4-6-24-39-37(43)35(25-29-10-8-7-9-11-29)40(26-30-14-16-31(38)17-15-30)36(42)27-41(32-18-12-28(3)13-19-32)47(44,45)34-22-20-33(21-23-34)46-5-2/h7-23,35H,4-6,24-27H2,1-3H3,(H,39,43). The normalized spacial score (nSPS) is 11.8. The Hall–Kier alpha value is -4.34. The number of amides is 2. The van der Waals surface area contributed by atoms with Crippen molar-refractivity contribution in [3.05, 3.63) is 125 Å². The molecular formula is C37H42ClN3O5S. The number of carbonyl (C=O) groups is 2. The number of benzene rings is 4. The molecule has 248 valence electrons. The van der Waals surface area contributed by atoms with E-state index in [0.717, 1.165) is 33.8 Å². The summed E-state index contributed by atoms with van der Waals surface area (Å²) in [6.07, 6.45) is 1.93. The third-order valence-corrected chi connectivity index (χ3v) is 9.73. The van der Waals surface area contributed by atoms with Crippen molar-refractivity contribution < 1.29 is 22.7 Å². The Morgan fingerprint density at radius 1 is 0.851 bits per heavy atom. The van der Waals surface area contributed by atoms with Crippen LogP contribution in [0.3, 0.4) is 0 Å². The minimum Gasteiger partial charge on any atom is -0.494 e. The summed E-state index contributed by atoms with van der Waals surface area (Å²) in [6.45, 7) is 6.23. The highest BCUT2D eigenvalue weighted by molar-refractivity contribution is 7.92. The maximum atomic E-state index is 14.5. The first-order valence-electron chi connectivity index (χ1n) is 15.8.